The van der Waals surface area contributed by atoms with Crippen LogP contribution in [0.1, 0.15) is 31.2 Å². The number of benzene rings is 1. The van der Waals surface area contributed by atoms with E-state index in [0.29, 0.717) is 5.69 Å². The second-order valence-electron chi connectivity index (χ2n) is 4.42. The van der Waals surface area contributed by atoms with E-state index in [1.54, 1.807) is 17.9 Å². The van der Waals surface area contributed by atoms with Crippen molar-refractivity contribution in [2.24, 2.45) is 7.05 Å². The number of aliphatic hydroxyl groups is 1. The second-order valence-corrected chi connectivity index (χ2v) is 4.42. The summed E-state index contributed by atoms with van der Waals surface area (Å²) in [4.78, 5) is 0. The number of hydrogen-bond donors (Lipinski definition) is 1. The fourth-order valence-corrected chi connectivity index (χ4v) is 1.75. The van der Waals surface area contributed by atoms with E-state index >= 15 is 0 Å². The first-order valence-electron chi connectivity index (χ1n) is 5.87. The van der Waals surface area contributed by atoms with E-state index in [-0.39, 0.29) is 6.10 Å². The summed E-state index contributed by atoms with van der Waals surface area (Å²) < 4.78 is 7.16. The Hall–Kier alpha value is -1.88. The molecule has 1 unspecified atom stereocenters. The van der Waals surface area contributed by atoms with Crippen molar-refractivity contribution in [2.75, 3.05) is 0 Å². The van der Waals surface area contributed by atoms with Gasteiger partial charge in [-0.3, -0.25) is 0 Å². The molecule has 0 aliphatic heterocycles. The Morgan fingerprint density at radius 3 is 2.72 bits per heavy atom. The van der Waals surface area contributed by atoms with Crippen molar-refractivity contribution in [3.63, 3.8) is 0 Å². The maximum Gasteiger partial charge on any atom is 0.122 e. The van der Waals surface area contributed by atoms with Crippen LogP contribution in [-0.2, 0) is 7.05 Å². The highest BCUT2D eigenvalue weighted by atomic mass is 16.5. The average Bonchev–Trinajstić information content (AvgIpc) is 2.74. The SMILES string of the molecule is CC(C)Oc1cccc(C(O)c2cnnn2C)c1. The van der Waals surface area contributed by atoms with Crippen LogP contribution in [-0.4, -0.2) is 26.2 Å². The van der Waals surface area contributed by atoms with Gasteiger partial charge in [0.25, 0.3) is 0 Å². The van der Waals surface area contributed by atoms with Crippen LogP contribution in [0.5, 0.6) is 5.75 Å². The van der Waals surface area contributed by atoms with Crippen LogP contribution in [0, 0.1) is 0 Å². The monoisotopic (exact) mass is 247 g/mol. The lowest BCUT2D eigenvalue weighted by Crippen LogP contribution is -2.08. The quantitative estimate of drug-likeness (QED) is 0.893. The van der Waals surface area contributed by atoms with Gasteiger partial charge in [0.2, 0.25) is 0 Å². The first kappa shape index (κ1) is 12.6. The summed E-state index contributed by atoms with van der Waals surface area (Å²) in [6, 6.07) is 7.42. The van der Waals surface area contributed by atoms with Gasteiger partial charge in [-0.1, -0.05) is 17.3 Å². The highest BCUT2D eigenvalue weighted by Gasteiger charge is 2.15. The molecule has 0 aliphatic rings. The summed E-state index contributed by atoms with van der Waals surface area (Å²) in [5.74, 6) is 0.747. The Morgan fingerprint density at radius 1 is 1.33 bits per heavy atom. The van der Waals surface area contributed by atoms with Gasteiger partial charge >= 0.3 is 0 Å². The highest BCUT2D eigenvalue weighted by molar-refractivity contribution is 5.33. The molecule has 1 aromatic heterocycles. The highest BCUT2D eigenvalue weighted by Crippen LogP contribution is 2.24. The molecule has 5 nitrogen and oxygen atoms in total. The van der Waals surface area contributed by atoms with Gasteiger partial charge in [-0.15, -0.1) is 5.10 Å². The van der Waals surface area contributed by atoms with Gasteiger partial charge < -0.3 is 9.84 Å². The van der Waals surface area contributed by atoms with Crippen molar-refractivity contribution in [2.45, 2.75) is 26.1 Å². The predicted molar refractivity (Wildman–Crippen MR) is 67.3 cm³/mol. The molecule has 96 valence electrons. The summed E-state index contributed by atoms with van der Waals surface area (Å²) in [6.45, 7) is 3.93. The maximum atomic E-state index is 10.3. The Morgan fingerprint density at radius 2 is 2.11 bits per heavy atom. The molecular weight excluding hydrogens is 230 g/mol. The molecule has 18 heavy (non-hydrogen) atoms. The largest absolute Gasteiger partial charge is 0.491 e. The van der Waals surface area contributed by atoms with E-state index in [0.717, 1.165) is 11.3 Å². The van der Waals surface area contributed by atoms with E-state index in [2.05, 4.69) is 10.3 Å². The van der Waals surface area contributed by atoms with Crippen LogP contribution < -0.4 is 4.74 Å². The number of aryl methyl sites for hydroxylation is 1. The van der Waals surface area contributed by atoms with Crippen LogP contribution in [0.15, 0.2) is 30.5 Å². The van der Waals surface area contributed by atoms with Crippen molar-refractivity contribution in [3.8, 4) is 5.75 Å². The molecule has 0 bridgehead atoms. The Labute approximate surface area is 106 Å². The number of ether oxygens (including phenoxy) is 1. The number of hydrogen-bond acceptors (Lipinski definition) is 4. The molecule has 5 heteroatoms. The van der Waals surface area contributed by atoms with Crippen molar-refractivity contribution in [3.05, 3.63) is 41.7 Å². The number of nitrogens with zero attached hydrogens (tertiary/aromatic N) is 3. The minimum absolute atomic E-state index is 0.107. The lowest BCUT2D eigenvalue weighted by molar-refractivity contribution is 0.207. The number of aromatic nitrogens is 3. The van der Waals surface area contributed by atoms with Gasteiger partial charge in [-0.25, -0.2) is 4.68 Å². The molecule has 1 N–H and O–H groups in total. The van der Waals surface area contributed by atoms with Crippen LogP contribution in [0.25, 0.3) is 0 Å². The summed E-state index contributed by atoms with van der Waals surface area (Å²) in [5.41, 5.74) is 1.41. The first-order valence-corrected chi connectivity index (χ1v) is 5.87. The van der Waals surface area contributed by atoms with Crippen LogP contribution >= 0.6 is 0 Å². The molecule has 0 fully saturated rings. The zero-order chi connectivity index (χ0) is 13.1. The molecule has 0 aliphatic carbocycles. The van der Waals surface area contributed by atoms with Gasteiger partial charge in [-0.2, -0.15) is 0 Å². The first-order chi connectivity index (χ1) is 8.58. The molecule has 0 saturated carbocycles. The zero-order valence-corrected chi connectivity index (χ0v) is 10.7. The van der Waals surface area contributed by atoms with E-state index < -0.39 is 6.10 Å². The Bertz CT molecular complexity index is 522. The lowest BCUT2D eigenvalue weighted by atomic mass is 10.1. The third-order valence-electron chi connectivity index (χ3n) is 2.58. The third kappa shape index (κ3) is 2.68. The van der Waals surface area contributed by atoms with E-state index in [1.165, 1.54) is 0 Å². The van der Waals surface area contributed by atoms with Gasteiger partial charge in [0.05, 0.1) is 18.0 Å². The summed E-state index contributed by atoms with van der Waals surface area (Å²) in [7, 11) is 1.75. The standard InChI is InChI=1S/C13H17N3O2/c1-9(2)18-11-6-4-5-10(7-11)13(17)12-8-14-15-16(12)3/h4-9,13,17H,1-3H3. The summed E-state index contributed by atoms with van der Waals surface area (Å²) >= 11 is 0. The van der Waals surface area contributed by atoms with Crippen molar-refractivity contribution < 1.29 is 9.84 Å². The van der Waals surface area contributed by atoms with Gasteiger partial charge in [0, 0.05) is 7.05 Å². The van der Waals surface area contributed by atoms with E-state index in [4.69, 9.17) is 4.74 Å². The molecule has 0 amide bonds. The molecule has 0 spiro atoms. The maximum absolute atomic E-state index is 10.3. The molecule has 2 aromatic rings. The molecule has 0 radical (unpaired) electrons. The number of aliphatic hydroxyl groups excluding tert-OH is 1. The van der Waals surface area contributed by atoms with Crippen molar-refractivity contribution in [1.82, 2.24) is 15.0 Å². The topological polar surface area (TPSA) is 60.2 Å². The van der Waals surface area contributed by atoms with Crippen LogP contribution in [0.2, 0.25) is 0 Å². The fraction of sp³-hybridized carbons (Fsp3) is 0.385. The molecule has 1 atom stereocenters. The Kier molecular flexibility index (Phi) is 3.62. The normalized spacial score (nSPS) is 12.7. The molecule has 0 saturated heterocycles. The summed E-state index contributed by atoms with van der Waals surface area (Å²) in [6.07, 6.45) is 0.914. The van der Waals surface area contributed by atoms with E-state index in [1.807, 2.05) is 38.1 Å². The van der Waals surface area contributed by atoms with Crippen molar-refractivity contribution in [1.29, 1.82) is 0 Å². The fourth-order valence-electron chi connectivity index (χ4n) is 1.75. The average molecular weight is 247 g/mol. The second kappa shape index (κ2) is 5.18. The molecule has 2 rings (SSSR count). The third-order valence-corrected chi connectivity index (χ3v) is 2.58. The van der Waals surface area contributed by atoms with Crippen LogP contribution in [0.3, 0.4) is 0 Å². The van der Waals surface area contributed by atoms with Crippen molar-refractivity contribution >= 4 is 0 Å². The van der Waals surface area contributed by atoms with Gasteiger partial charge in [0.1, 0.15) is 11.9 Å². The Balaban J connectivity index is 2.25. The van der Waals surface area contributed by atoms with Crippen LogP contribution in [0.4, 0.5) is 0 Å². The zero-order valence-electron chi connectivity index (χ0n) is 10.7. The minimum atomic E-state index is -0.749. The molecule has 1 aromatic carbocycles. The van der Waals surface area contributed by atoms with Gasteiger partial charge in [0.15, 0.2) is 0 Å². The van der Waals surface area contributed by atoms with E-state index in [9.17, 15) is 5.11 Å². The molecule has 1 heterocycles. The minimum Gasteiger partial charge on any atom is -0.491 e. The predicted octanol–water partition coefficient (Wildman–Crippen LogP) is 1.68. The van der Waals surface area contributed by atoms with Gasteiger partial charge in [-0.05, 0) is 31.5 Å². The number of rotatable bonds is 4. The molecular formula is C13H17N3O2. The smallest absolute Gasteiger partial charge is 0.122 e. The lowest BCUT2D eigenvalue weighted by Gasteiger charge is -2.14. The summed E-state index contributed by atoms with van der Waals surface area (Å²) in [5, 5.41) is 17.8.